The van der Waals surface area contributed by atoms with Crippen molar-refractivity contribution < 1.29 is 18.7 Å². The lowest BCUT2D eigenvalue weighted by Gasteiger charge is -2.10. The molecule has 2 N–H and O–H groups in total. The highest BCUT2D eigenvalue weighted by molar-refractivity contribution is 7.98. The Morgan fingerprint density at radius 3 is 2.57 bits per heavy atom. The third-order valence-electron chi connectivity index (χ3n) is 2.97. The largest absolute Gasteiger partial charge is 0.497 e. The van der Waals surface area contributed by atoms with E-state index in [1.54, 1.807) is 50.4 Å². The number of anilines is 1. The first-order chi connectivity index (χ1) is 11.2. The van der Waals surface area contributed by atoms with Gasteiger partial charge in [0.15, 0.2) is 0 Å². The van der Waals surface area contributed by atoms with Crippen LogP contribution >= 0.6 is 11.8 Å². The molecule has 0 atom stereocenters. The zero-order chi connectivity index (χ0) is 16.5. The molecule has 0 aliphatic carbocycles. The summed E-state index contributed by atoms with van der Waals surface area (Å²) in [6.07, 6.45) is 1.66. The van der Waals surface area contributed by atoms with Gasteiger partial charge in [-0.15, -0.1) is 0 Å². The third kappa shape index (κ3) is 5.78. The first kappa shape index (κ1) is 17.1. The summed E-state index contributed by atoms with van der Waals surface area (Å²) in [5.41, 5.74) is 0.613. The van der Waals surface area contributed by atoms with Crippen molar-refractivity contribution in [2.75, 3.05) is 31.8 Å². The van der Waals surface area contributed by atoms with Crippen molar-refractivity contribution in [3.05, 3.63) is 42.4 Å². The van der Waals surface area contributed by atoms with E-state index in [-0.39, 0.29) is 6.03 Å². The van der Waals surface area contributed by atoms with Crippen LogP contribution in [-0.2, 0) is 5.75 Å². The topological polar surface area (TPSA) is 72.7 Å². The molecule has 2 aromatic rings. The van der Waals surface area contributed by atoms with Crippen molar-refractivity contribution in [1.82, 2.24) is 5.32 Å². The van der Waals surface area contributed by atoms with E-state index < -0.39 is 0 Å². The Labute approximate surface area is 139 Å². The molecule has 0 bridgehead atoms. The summed E-state index contributed by atoms with van der Waals surface area (Å²) in [5, 5.41) is 5.56. The molecule has 0 saturated carbocycles. The SMILES string of the molecule is COc1cc(NC(=O)NCCSCc2ccco2)cc(OC)c1. The van der Waals surface area contributed by atoms with Crippen LogP contribution < -0.4 is 20.1 Å². The van der Waals surface area contributed by atoms with Crippen LogP contribution in [0, 0.1) is 0 Å². The van der Waals surface area contributed by atoms with Gasteiger partial charge in [0.05, 0.1) is 26.2 Å². The van der Waals surface area contributed by atoms with E-state index in [2.05, 4.69) is 10.6 Å². The van der Waals surface area contributed by atoms with E-state index in [4.69, 9.17) is 13.9 Å². The average Bonchev–Trinajstić information content (AvgIpc) is 3.07. The lowest BCUT2D eigenvalue weighted by atomic mass is 10.3. The highest BCUT2D eigenvalue weighted by Gasteiger charge is 2.05. The number of nitrogens with one attached hydrogen (secondary N) is 2. The highest BCUT2D eigenvalue weighted by atomic mass is 32.2. The van der Waals surface area contributed by atoms with E-state index >= 15 is 0 Å². The van der Waals surface area contributed by atoms with Crippen LogP contribution in [-0.4, -0.2) is 32.5 Å². The molecule has 1 aromatic heterocycles. The van der Waals surface area contributed by atoms with Crippen molar-refractivity contribution in [3.63, 3.8) is 0 Å². The summed E-state index contributed by atoms with van der Waals surface area (Å²) in [6.45, 7) is 0.568. The predicted molar refractivity (Wildman–Crippen MR) is 91.4 cm³/mol. The maximum absolute atomic E-state index is 11.9. The van der Waals surface area contributed by atoms with Crippen LogP contribution in [0.1, 0.15) is 5.76 Å². The van der Waals surface area contributed by atoms with Gasteiger partial charge < -0.3 is 24.5 Å². The second-order valence-corrected chi connectivity index (χ2v) is 5.72. The maximum Gasteiger partial charge on any atom is 0.319 e. The fourth-order valence-electron chi connectivity index (χ4n) is 1.86. The van der Waals surface area contributed by atoms with Crippen molar-refractivity contribution in [3.8, 4) is 11.5 Å². The molecule has 2 rings (SSSR count). The van der Waals surface area contributed by atoms with Gasteiger partial charge in [0.2, 0.25) is 0 Å². The van der Waals surface area contributed by atoms with Crippen molar-refractivity contribution >= 4 is 23.5 Å². The van der Waals surface area contributed by atoms with Crippen LogP contribution in [0.15, 0.2) is 41.0 Å². The number of benzene rings is 1. The first-order valence-corrected chi connectivity index (χ1v) is 8.25. The fraction of sp³-hybridized carbons (Fsp3) is 0.312. The second-order valence-electron chi connectivity index (χ2n) is 4.61. The summed E-state index contributed by atoms with van der Waals surface area (Å²) in [4.78, 5) is 11.9. The van der Waals surface area contributed by atoms with Gasteiger partial charge in [-0.1, -0.05) is 0 Å². The van der Waals surface area contributed by atoms with E-state index in [1.165, 1.54) is 0 Å². The van der Waals surface area contributed by atoms with Crippen LogP contribution in [0.25, 0.3) is 0 Å². The molecular weight excluding hydrogens is 316 g/mol. The second kappa shape index (κ2) is 8.99. The molecule has 2 amide bonds. The number of furan rings is 1. The first-order valence-electron chi connectivity index (χ1n) is 7.09. The molecular formula is C16H20N2O4S. The third-order valence-corrected chi connectivity index (χ3v) is 3.95. The summed E-state index contributed by atoms with van der Waals surface area (Å²) < 4.78 is 15.6. The van der Waals surface area contributed by atoms with Crippen molar-refractivity contribution in [2.45, 2.75) is 5.75 Å². The van der Waals surface area contributed by atoms with Crippen molar-refractivity contribution in [1.29, 1.82) is 0 Å². The van der Waals surface area contributed by atoms with E-state index in [1.807, 2.05) is 12.1 Å². The molecule has 6 nitrogen and oxygen atoms in total. The van der Waals surface area contributed by atoms with Gasteiger partial charge >= 0.3 is 6.03 Å². The number of carbonyl (C=O) groups excluding carboxylic acids is 1. The van der Waals surface area contributed by atoms with Gasteiger partial charge in [0, 0.05) is 36.2 Å². The van der Waals surface area contributed by atoms with Gasteiger partial charge in [-0.3, -0.25) is 0 Å². The molecule has 0 radical (unpaired) electrons. The molecule has 0 unspecified atom stereocenters. The minimum atomic E-state index is -0.265. The molecule has 0 fully saturated rings. The Bertz CT molecular complexity index is 594. The summed E-state index contributed by atoms with van der Waals surface area (Å²) in [6, 6.07) is 8.74. The zero-order valence-electron chi connectivity index (χ0n) is 13.1. The average molecular weight is 336 g/mol. The maximum atomic E-state index is 11.9. The molecule has 124 valence electrons. The molecule has 0 aliphatic heterocycles. The number of carbonyl (C=O) groups is 1. The molecule has 0 spiro atoms. The molecule has 0 saturated heterocycles. The Morgan fingerprint density at radius 1 is 1.22 bits per heavy atom. The van der Waals surface area contributed by atoms with E-state index in [0.717, 1.165) is 17.3 Å². The van der Waals surface area contributed by atoms with Gasteiger partial charge in [-0.2, -0.15) is 11.8 Å². The number of rotatable bonds is 8. The zero-order valence-corrected chi connectivity index (χ0v) is 13.9. The Hall–Kier alpha value is -2.28. The predicted octanol–water partition coefficient (Wildman–Crippen LogP) is 3.35. The normalized spacial score (nSPS) is 10.2. The number of urea groups is 1. The van der Waals surface area contributed by atoms with Crippen LogP contribution in [0.5, 0.6) is 11.5 Å². The molecule has 7 heteroatoms. The standard InChI is InChI=1S/C16H20N2O4S/c1-20-14-8-12(9-15(10-14)21-2)18-16(19)17-5-7-23-11-13-4-3-6-22-13/h3-4,6,8-10H,5,7,11H2,1-2H3,(H2,17,18,19). The summed E-state index contributed by atoms with van der Waals surface area (Å²) in [5.74, 6) is 3.77. The molecule has 23 heavy (non-hydrogen) atoms. The van der Waals surface area contributed by atoms with E-state index in [9.17, 15) is 4.79 Å². The lowest BCUT2D eigenvalue weighted by Crippen LogP contribution is -2.30. The summed E-state index contributed by atoms with van der Waals surface area (Å²) >= 11 is 1.70. The minimum absolute atomic E-state index is 0.265. The van der Waals surface area contributed by atoms with Gasteiger partial charge in [0.25, 0.3) is 0 Å². The van der Waals surface area contributed by atoms with Crippen LogP contribution in [0.4, 0.5) is 10.5 Å². The monoisotopic (exact) mass is 336 g/mol. The van der Waals surface area contributed by atoms with Gasteiger partial charge in [-0.05, 0) is 12.1 Å². The van der Waals surface area contributed by atoms with Gasteiger partial charge in [0.1, 0.15) is 17.3 Å². The number of methoxy groups -OCH3 is 2. The number of hydrogen-bond donors (Lipinski definition) is 2. The number of hydrogen-bond acceptors (Lipinski definition) is 5. The Morgan fingerprint density at radius 2 is 1.96 bits per heavy atom. The van der Waals surface area contributed by atoms with Crippen LogP contribution in [0.3, 0.4) is 0 Å². The van der Waals surface area contributed by atoms with Gasteiger partial charge in [-0.25, -0.2) is 4.79 Å². The Kier molecular flexibility index (Phi) is 6.68. The van der Waals surface area contributed by atoms with Crippen molar-refractivity contribution in [2.24, 2.45) is 0 Å². The molecule has 0 aliphatic rings. The fourth-order valence-corrected chi connectivity index (χ4v) is 2.62. The Balaban J connectivity index is 1.72. The van der Waals surface area contributed by atoms with Crippen LogP contribution in [0.2, 0.25) is 0 Å². The number of amides is 2. The number of thioether (sulfide) groups is 1. The minimum Gasteiger partial charge on any atom is -0.497 e. The van der Waals surface area contributed by atoms with E-state index in [0.29, 0.717) is 23.7 Å². The smallest absolute Gasteiger partial charge is 0.319 e. The summed E-state index contributed by atoms with van der Waals surface area (Å²) in [7, 11) is 3.13. The number of ether oxygens (including phenoxy) is 2. The quantitative estimate of drug-likeness (QED) is 0.723. The lowest BCUT2D eigenvalue weighted by molar-refractivity contribution is 0.252. The highest BCUT2D eigenvalue weighted by Crippen LogP contribution is 2.25. The molecule has 1 aromatic carbocycles. The molecule has 1 heterocycles.